The Morgan fingerprint density at radius 2 is 2.00 bits per heavy atom. The number of halogens is 1. The van der Waals surface area contributed by atoms with Crippen molar-refractivity contribution in [1.29, 1.82) is 0 Å². The summed E-state index contributed by atoms with van der Waals surface area (Å²) in [7, 11) is 0. The van der Waals surface area contributed by atoms with Crippen LogP contribution in [0.15, 0.2) is 29.1 Å². The summed E-state index contributed by atoms with van der Waals surface area (Å²) in [5.74, 6) is -0.696. The van der Waals surface area contributed by atoms with Gasteiger partial charge in [-0.2, -0.15) is 0 Å². The van der Waals surface area contributed by atoms with Crippen molar-refractivity contribution in [1.82, 2.24) is 4.98 Å². The molecule has 0 bridgehead atoms. The van der Waals surface area contributed by atoms with E-state index in [1.807, 2.05) is 0 Å². The van der Waals surface area contributed by atoms with Gasteiger partial charge in [0.15, 0.2) is 5.82 Å². The van der Waals surface area contributed by atoms with Crippen LogP contribution in [0.3, 0.4) is 0 Å². The van der Waals surface area contributed by atoms with Crippen molar-refractivity contribution in [3.63, 3.8) is 0 Å². The molecule has 0 spiro atoms. The fraction of sp³-hybridized carbons (Fsp3) is 0.100. The maximum atomic E-state index is 13.1. The molecule has 2 rings (SSSR count). The SMILES string of the molecule is Cc1[nH]c2ccccc2c(=O)c1F. The number of aromatic nitrogens is 1. The van der Waals surface area contributed by atoms with Gasteiger partial charge in [-0.05, 0) is 19.1 Å². The van der Waals surface area contributed by atoms with E-state index in [1.165, 1.54) is 0 Å². The molecule has 1 heterocycles. The first-order valence-corrected chi connectivity index (χ1v) is 3.97. The van der Waals surface area contributed by atoms with Crippen molar-refractivity contribution < 1.29 is 4.39 Å². The van der Waals surface area contributed by atoms with E-state index in [0.717, 1.165) is 0 Å². The van der Waals surface area contributed by atoms with Crippen molar-refractivity contribution in [2.24, 2.45) is 0 Å². The van der Waals surface area contributed by atoms with Crippen LogP contribution in [0.25, 0.3) is 10.9 Å². The molecule has 0 aliphatic rings. The Kier molecular flexibility index (Phi) is 1.65. The Morgan fingerprint density at radius 1 is 1.31 bits per heavy atom. The van der Waals surface area contributed by atoms with E-state index in [9.17, 15) is 9.18 Å². The van der Waals surface area contributed by atoms with Gasteiger partial charge in [0.1, 0.15) is 0 Å². The van der Waals surface area contributed by atoms with E-state index in [-0.39, 0.29) is 5.69 Å². The van der Waals surface area contributed by atoms with E-state index in [4.69, 9.17) is 0 Å². The summed E-state index contributed by atoms with van der Waals surface area (Å²) < 4.78 is 13.1. The molecule has 0 fully saturated rings. The molecule has 0 saturated carbocycles. The van der Waals surface area contributed by atoms with Crippen LogP contribution < -0.4 is 5.43 Å². The summed E-state index contributed by atoms with van der Waals surface area (Å²) in [4.78, 5) is 14.2. The van der Waals surface area contributed by atoms with Crippen LogP contribution in [0.4, 0.5) is 4.39 Å². The zero-order valence-corrected chi connectivity index (χ0v) is 7.10. The molecule has 0 radical (unpaired) electrons. The maximum Gasteiger partial charge on any atom is 0.225 e. The molecule has 3 heteroatoms. The second-order valence-corrected chi connectivity index (χ2v) is 2.94. The molecule has 0 unspecified atom stereocenters. The molecule has 2 nitrogen and oxygen atoms in total. The van der Waals surface area contributed by atoms with Crippen molar-refractivity contribution in [3.05, 3.63) is 46.0 Å². The molecular weight excluding hydrogens is 169 g/mol. The minimum absolute atomic E-state index is 0.281. The third kappa shape index (κ3) is 1.13. The summed E-state index contributed by atoms with van der Waals surface area (Å²) in [6, 6.07) is 6.88. The lowest BCUT2D eigenvalue weighted by Gasteiger charge is -2.00. The molecule has 1 aromatic carbocycles. The molecule has 2 aromatic rings. The summed E-state index contributed by atoms with van der Waals surface area (Å²) in [5, 5.41) is 0.394. The topological polar surface area (TPSA) is 32.9 Å². The van der Waals surface area contributed by atoms with Crippen LogP contribution in [-0.2, 0) is 0 Å². The third-order valence-corrected chi connectivity index (χ3v) is 2.02. The molecule has 0 aliphatic carbocycles. The first kappa shape index (κ1) is 7.98. The van der Waals surface area contributed by atoms with E-state index >= 15 is 0 Å². The number of rotatable bonds is 0. The number of benzene rings is 1. The largest absolute Gasteiger partial charge is 0.356 e. The second-order valence-electron chi connectivity index (χ2n) is 2.94. The van der Waals surface area contributed by atoms with Gasteiger partial charge in [-0.1, -0.05) is 12.1 Å². The smallest absolute Gasteiger partial charge is 0.225 e. The normalized spacial score (nSPS) is 10.6. The number of para-hydroxylation sites is 1. The first-order valence-electron chi connectivity index (χ1n) is 3.97. The maximum absolute atomic E-state index is 13.1. The fourth-order valence-electron chi connectivity index (χ4n) is 1.34. The Labute approximate surface area is 74.0 Å². The van der Waals surface area contributed by atoms with Gasteiger partial charge < -0.3 is 4.98 Å². The molecular formula is C10H8FNO. The molecule has 66 valence electrons. The molecule has 0 atom stereocenters. The number of fused-ring (bicyclic) bond motifs is 1. The highest BCUT2D eigenvalue weighted by atomic mass is 19.1. The predicted molar refractivity (Wildman–Crippen MR) is 49.3 cm³/mol. The zero-order chi connectivity index (χ0) is 9.42. The van der Waals surface area contributed by atoms with Crippen molar-refractivity contribution in [3.8, 4) is 0 Å². The Balaban J connectivity index is 3.03. The molecule has 13 heavy (non-hydrogen) atoms. The minimum Gasteiger partial charge on any atom is -0.356 e. The van der Waals surface area contributed by atoms with Crippen molar-refractivity contribution in [2.75, 3.05) is 0 Å². The van der Waals surface area contributed by atoms with Gasteiger partial charge in [0.05, 0.1) is 5.69 Å². The van der Waals surface area contributed by atoms with Gasteiger partial charge in [-0.25, -0.2) is 4.39 Å². The molecule has 0 saturated heterocycles. The average molecular weight is 177 g/mol. The van der Waals surface area contributed by atoms with Gasteiger partial charge in [0, 0.05) is 10.9 Å². The number of hydrogen-bond donors (Lipinski definition) is 1. The average Bonchev–Trinajstić information content (AvgIpc) is 2.15. The standard InChI is InChI=1S/C10H8FNO/c1-6-9(11)10(13)7-4-2-3-5-8(7)12-6/h2-5H,1H3,(H,12,13). The van der Waals surface area contributed by atoms with Crippen LogP contribution in [0, 0.1) is 12.7 Å². The summed E-state index contributed by atoms with van der Waals surface area (Å²) in [5.41, 5.74) is 0.418. The van der Waals surface area contributed by atoms with Gasteiger partial charge in [0.2, 0.25) is 5.43 Å². The molecule has 0 aliphatic heterocycles. The van der Waals surface area contributed by atoms with Gasteiger partial charge >= 0.3 is 0 Å². The lowest BCUT2D eigenvalue weighted by molar-refractivity contribution is 0.603. The van der Waals surface area contributed by atoms with Crippen molar-refractivity contribution >= 4 is 10.9 Å². The van der Waals surface area contributed by atoms with E-state index in [2.05, 4.69) is 4.98 Å². The first-order chi connectivity index (χ1) is 6.20. The number of aromatic amines is 1. The van der Waals surface area contributed by atoms with Crippen LogP contribution >= 0.6 is 0 Å². The number of aryl methyl sites for hydroxylation is 1. The summed E-state index contributed by atoms with van der Waals surface area (Å²) in [6.07, 6.45) is 0. The number of pyridine rings is 1. The Hall–Kier alpha value is -1.64. The molecule has 0 amide bonds. The Morgan fingerprint density at radius 3 is 2.77 bits per heavy atom. The highest BCUT2D eigenvalue weighted by Crippen LogP contribution is 2.08. The van der Waals surface area contributed by atoms with Crippen molar-refractivity contribution in [2.45, 2.75) is 6.92 Å². The number of H-pyrrole nitrogens is 1. The van der Waals surface area contributed by atoms with E-state index in [0.29, 0.717) is 10.9 Å². The lowest BCUT2D eigenvalue weighted by atomic mass is 10.2. The van der Waals surface area contributed by atoms with Crippen LogP contribution in [-0.4, -0.2) is 4.98 Å². The highest BCUT2D eigenvalue weighted by molar-refractivity contribution is 5.78. The number of nitrogens with one attached hydrogen (secondary N) is 1. The monoisotopic (exact) mass is 177 g/mol. The van der Waals surface area contributed by atoms with Crippen LogP contribution in [0.2, 0.25) is 0 Å². The lowest BCUT2D eigenvalue weighted by Crippen LogP contribution is -2.10. The van der Waals surface area contributed by atoms with Gasteiger partial charge in [-0.15, -0.1) is 0 Å². The third-order valence-electron chi connectivity index (χ3n) is 2.02. The molecule has 1 aromatic heterocycles. The van der Waals surface area contributed by atoms with Crippen LogP contribution in [0.1, 0.15) is 5.69 Å². The Bertz CT molecular complexity index is 516. The quantitative estimate of drug-likeness (QED) is 0.655. The van der Waals surface area contributed by atoms with Gasteiger partial charge in [-0.3, -0.25) is 4.79 Å². The van der Waals surface area contributed by atoms with Crippen LogP contribution in [0.5, 0.6) is 0 Å². The van der Waals surface area contributed by atoms with Gasteiger partial charge in [0.25, 0.3) is 0 Å². The van der Waals surface area contributed by atoms with E-state index < -0.39 is 11.2 Å². The zero-order valence-electron chi connectivity index (χ0n) is 7.10. The summed E-state index contributed by atoms with van der Waals surface area (Å²) >= 11 is 0. The number of hydrogen-bond acceptors (Lipinski definition) is 1. The van der Waals surface area contributed by atoms with E-state index in [1.54, 1.807) is 31.2 Å². The fourth-order valence-corrected chi connectivity index (χ4v) is 1.34. The molecule has 1 N–H and O–H groups in total. The summed E-state index contributed by atoms with van der Waals surface area (Å²) in [6.45, 7) is 1.54. The highest BCUT2D eigenvalue weighted by Gasteiger charge is 2.06. The minimum atomic E-state index is -0.696. The predicted octanol–water partition coefficient (Wildman–Crippen LogP) is 1.98. The second kappa shape index (κ2) is 2.69.